The third-order valence-electron chi connectivity index (χ3n) is 4.89. The van der Waals surface area contributed by atoms with Gasteiger partial charge in [0.25, 0.3) is 0 Å². The molecule has 1 unspecified atom stereocenters. The lowest BCUT2D eigenvalue weighted by molar-refractivity contribution is 0.0771. The molecule has 2 heterocycles. The molecule has 1 atom stereocenters. The van der Waals surface area contributed by atoms with E-state index in [0.29, 0.717) is 6.73 Å². The van der Waals surface area contributed by atoms with Crippen LogP contribution in [0.5, 0.6) is 0 Å². The van der Waals surface area contributed by atoms with E-state index < -0.39 is 8.07 Å². The molecule has 0 radical (unpaired) electrons. The Morgan fingerprint density at radius 1 is 1.39 bits per heavy atom. The van der Waals surface area contributed by atoms with Crippen molar-refractivity contribution in [1.29, 1.82) is 0 Å². The number of nitrogens with zero attached hydrogens (tertiary/aromatic N) is 3. The zero-order valence-corrected chi connectivity index (χ0v) is 16.8. The highest BCUT2D eigenvalue weighted by molar-refractivity contribution is 6.76. The number of anilines is 1. The van der Waals surface area contributed by atoms with Crippen molar-refractivity contribution >= 4 is 13.9 Å². The van der Waals surface area contributed by atoms with Crippen molar-refractivity contribution in [2.75, 3.05) is 31.1 Å². The predicted octanol–water partition coefficient (Wildman–Crippen LogP) is 3.08. The molecule has 0 bridgehead atoms. The van der Waals surface area contributed by atoms with Crippen molar-refractivity contribution in [3.63, 3.8) is 0 Å². The smallest absolute Gasteiger partial charge is 0.151 e. The molecule has 0 aromatic carbocycles. The maximum atomic E-state index is 5.86. The second-order valence-corrected chi connectivity index (χ2v) is 13.8. The van der Waals surface area contributed by atoms with Crippen molar-refractivity contribution < 1.29 is 4.74 Å². The Bertz CT molecular complexity index is 511. The van der Waals surface area contributed by atoms with Gasteiger partial charge >= 0.3 is 0 Å². The molecule has 5 nitrogen and oxygen atoms in total. The van der Waals surface area contributed by atoms with Crippen LogP contribution in [0.25, 0.3) is 0 Å². The first-order valence-corrected chi connectivity index (χ1v) is 12.6. The predicted molar refractivity (Wildman–Crippen MR) is 100.0 cm³/mol. The van der Waals surface area contributed by atoms with Crippen LogP contribution in [0.4, 0.5) is 5.82 Å². The number of ether oxygens (including phenoxy) is 1. The van der Waals surface area contributed by atoms with Gasteiger partial charge in [-0.25, -0.2) is 4.68 Å². The summed E-state index contributed by atoms with van der Waals surface area (Å²) in [6, 6.07) is 3.40. The molecule has 0 aliphatic carbocycles. The van der Waals surface area contributed by atoms with Gasteiger partial charge in [-0.2, -0.15) is 5.10 Å². The molecule has 1 saturated heterocycles. The zero-order valence-electron chi connectivity index (χ0n) is 15.8. The number of hydrogen-bond acceptors (Lipinski definition) is 4. The Kier molecular flexibility index (Phi) is 5.92. The van der Waals surface area contributed by atoms with Crippen LogP contribution >= 0.6 is 0 Å². The lowest BCUT2D eigenvalue weighted by atomic mass is 9.94. The third-order valence-corrected chi connectivity index (χ3v) is 6.59. The van der Waals surface area contributed by atoms with Gasteiger partial charge in [-0.05, 0) is 26.3 Å². The van der Waals surface area contributed by atoms with E-state index in [2.05, 4.69) is 56.7 Å². The van der Waals surface area contributed by atoms with Crippen molar-refractivity contribution in [1.82, 2.24) is 15.1 Å². The molecule has 1 fully saturated rings. The average molecular weight is 339 g/mol. The summed E-state index contributed by atoms with van der Waals surface area (Å²) in [6.07, 6.45) is 1.11. The molecule has 2 rings (SSSR count). The van der Waals surface area contributed by atoms with E-state index >= 15 is 0 Å². The number of piperazine rings is 1. The van der Waals surface area contributed by atoms with Crippen LogP contribution in [0.15, 0.2) is 6.07 Å². The number of aromatic nitrogens is 2. The maximum Gasteiger partial charge on any atom is 0.151 e. The summed E-state index contributed by atoms with van der Waals surface area (Å²) in [5, 5.41) is 8.32. The Morgan fingerprint density at radius 2 is 2.13 bits per heavy atom. The Balaban J connectivity index is 2.00. The van der Waals surface area contributed by atoms with Gasteiger partial charge in [0.2, 0.25) is 0 Å². The SMILES string of the molecule is CCC1(C)CNCCN1c1cc(C)n(COCC[Si](C)(C)C)n1. The van der Waals surface area contributed by atoms with Crippen LogP contribution in [-0.2, 0) is 11.5 Å². The van der Waals surface area contributed by atoms with Gasteiger partial charge in [0, 0.05) is 46.1 Å². The van der Waals surface area contributed by atoms with Gasteiger partial charge in [-0.15, -0.1) is 0 Å². The molecule has 1 aliphatic heterocycles. The van der Waals surface area contributed by atoms with Crippen molar-refractivity contribution in [3.8, 4) is 0 Å². The first-order chi connectivity index (χ1) is 10.7. The number of aryl methyl sites for hydroxylation is 1. The Hall–Kier alpha value is -0.853. The van der Waals surface area contributed by atoms with Crippen molar-refractivity contribution in [2.24, 2.45) is 0 Å². The van der Waals surface area contributed by atoms with E-state index in [4.69, 9.17) is 9.84 Å². The minimum Gasteiger partial charge on any atom is -0.360 e. The average Bonchev–Trinajstić information content (AvgIpc) is 2.84. The molecule has 1 N–H and O–H groups in total. The van der Waals surface area contributed by atoms with E-state index in [9.17, 15) is 0 Å². The highest BCUT2D eigenvalue weighted by atomic mass is 28.3. The molecule has 1 aliphatic rings. The molecule has 6 heteroatoms. The lowest BCUT2D eigenvalue weighted by Gasteiger charge is -2.45. The second-order valence-electron chi connectivity index (χ2n) is 8.17. The van der Waals surface area contributed by atoms with Gasteiger partial charge in [0.1, 0.15) is 6.73 Å². The first kappa shape index (κ1) is 18.5. The topological polar surface area (TPSA) is 42.3 Å². The fourth-order valence-electron chi connectivity index (χ4n) is 2.91. The largest absolute Gasteiger partial charge is 0.360 e. The number of nitrogens with one attached hydrogen (secondary N) is 1. The van der Waals surface area contributed by atoms with Crippen LogP contribution < -0.4 is 10.2 Å². The quantitative estimate of drug-likeness (QED) is 0.613. The summed E-state index contributed by atoms with van der Waals surface area (Å²) in [4.78, 5) is 2.45. The van der Waals surface area contributed by atoms with Gasteiger partial charge in [0.15, 0.2) is 5.82 Å². The van der Waals surface area contributed by atoms with Crippen LogP contribution in [0.2, 0.25) is 25.7 Å². The summed E-state index contributed by atoms with van der Waals surface area (Å²) < 4.78 is 7.86. The van der Waals surface area contributed by atoms with Crippen LogP contribution in [0.3, 0.4) is 0 Å². The molecule has 132 valence electrons. The zero-order chi connectivity index (χ0) is 17.1. The fourth-order valence-corrected chi connectivity index (χ4v) is 3.66. The summed E-state index contributed by atoms with van der Waals surface area (Å²) >= 11 is 0. The van der Waals surface area contributed by atoms with Crippen LogP contribution in [0, 0.1) is 6.92 Å². The number of hydrogen-bond donors (Lipinski definition) is 1. The molecule has 1 aromatic heterocycles. The van der Waals surface area contributed by atoms with E-state index in [-0.39, 0.29) is 5.54 Å². The highest BCUT2D eigenvalue weighted by Gasteiger charge is 2.34. The van der Waals surface area contributed by atoms with Crippen LogP contribution in [-0.4, -0.2) is 49.6 Å². The van der Waals surface area contributed by atoms with Crippen molar-refractivity contribution in [2.45, 2.75) is 65.1 Å². The Morgan fingerprint density at radius 3 is 2.78 bits per heavy atom. The molecular weight excluding hydrogens is 304 g/mol. The van der Waals surface area contributed by atoms with Crippen LogP contribution in [0.1, 0.15) is 26.0 Å². The molecular formula is C17H34N4OSi. The number of rotatable bonds is 7. The normalized spacial score (nSPS) is 22.6. The summed E-state index contributed by atoms with van der Waals surface area (Å²) in [5.41, 5.74) is 1.31. The monoisotopic (exact) mass is 338 g/mol. The molecule has 0 amide bonds. The molecule has 0 saturated carbocycles. The summed E-state index contributed by atoms with van der Waals surface area (Å²) in [5.74, 6) is 1.09. The molecule has 0 spiro atoms. The standard InChI is InChI=1S/C17H34N4OSi/c1-7-17(3)13-18-8-9-20(17)16-12-15(2)21(19-16)14-22-10-11-23(4,5)6/h12,18H,7-11,13-14H2,1-6H3. The summed E-state index contributed by atoms with van der Waals surface area (Å²) in [7, 11) is -1.02. The van der Waals surface area contributed by atoms with E-state index in [1.807, 2.05) is 4.68 Å². The molecule has 1 aromatic rings. The van der Waals surface area contributed by atoms with E-state index in [1.165, 1.54) is 11.7 Å². The van der Waals surface area contributed by atoms with Gasteiger partial charge in [-0.3, -0.25) is 0 Å². The highest BCUT2D eigenvalue weighted by Crippen LogP contribution is 2.27. The maximum absolute atomic E-state index is 5.86. The van der Waals surface area contributed by atoms with E-state index in [0.717, 1.165) is 38.5 Å². The van der Waals surface area contributed by atoms with Crippen molar-refractivity contribution in [3.05, 3.63) is 11.8 Å². The fraction of sp³-hybridized carbons (Fsp3) is 0.824. The minimum atomic E-state index is -1.02. The minimum absolute atomic E-state index is 0.141. The van der Waals surface area contributed by atoms with Gasteiger partial charge in [0.05, 0.1) is 5.54 Å². The Labute approximate surface area is 142 Å². The summed E-state index contributed by atoms with van der Waals surface area (Å²) in [6.45, 7) is 18.3. The second kappa shape index (κ2) is 7.36. The molecule has 23 heavy (non-hydrogen) atoms. The third kappa shape index (κ3) is 4.81. The van der Waals surface area contributed by atoms with Gasteiger partial charge < -0.3 is 15.0 Å². The van der Waals surface area contributed by atoms with E-state index in [1.54, 1.807) is 0 Å². The van der Waals surface area contributed by atoms with Gasteiger partial charge in [-0.1, -0.05) is 26.6 Å². The lowest BCUT2D eigenvalue weighted by Crippen LogP contribution is -2.59. The first-order valence-electron chi connectivity index (χ1n) is 8.86.